The van der Waals surface area contributed by atoms with Gasteiger partial charge in [0.1, 0.15) is 4.83 Å². The quantitative estimate of drug-likeness (QED) is 0.559. The minimum absolute atomic E-state index is 0.0869. The number of hydrogen-bond acceptors (Lipinski definition) is 5. The van der Waals surface area contributed by atoms with Gasteiger partial charge in [-0.15, -0.1) is 11.3 Å². The zero-order valence-corrected chi connectivity index (χ0v) is 16.1. The lowest BCUT2D eigenvalue weighted by molar-refractivity contribution is -0.115. The van der Waals surface area contributed by atoms with Crippen LogP contribution < -0.4 is 10.9 Å². The van der Waals surface area contributed by atoms with Crippen LogP contribution in [0.2, 0.25) is 0 Å². The summed E-state index contributed by atoms with van der Waals surface area (Å²) in [4.78, 5) is 30.2. The molecule has 5 nitrogen and oxygen atoms in total. The van der Waals surface area contributed by atoms with E-state index in [4.69, 9.17) is 0 Å². The SMILES string of the molecule is Cc1cccc(C)c1NC(=O)C(C)Sc1nc2sccc2c(=O)n1C. The number of hydrogen-bond donors (Lipinski definition) is 1. The second-order valence-corrected chi connectivity index (χ2v) is 8.12. The number of aryl methyl sites for hydroxylation is 2. The Kier molecular flexibility index (Phi) is 4.96. The minimum atomic E-state index is -0.380. The van der Waals surface area contributed by atoms with Crippen LogP contribution in [-0.4, -0.2) is 20.7 Å². The van der Waals surface area contributed by atoms with Gasteiger partial charge in [-0.05, 0) is 43.3 Å². The third kappa shape index (κ3) is 3.48. The molecule has 1 N–H and O–H groups in total. The first-order chi connectivity index (χ1) is 11.9. The molecule has 0 spiro atoms. The number of anilines is 1. The van der Waals surface area contributed by atoms with Crippen molar-refractivity contribution in [3.05, 3.63) is 51.1 Å². The Balaban J connectivity index is 1.82. The van der Waals surface area contributed by atoms with Crippen LogP contribution in [0.1, 0.15) is 18.1 Å². The van der Waals surface area contributed by atoms with Crippen LogP contribution in [0.4, 0.5) is 5.69 Å². The molecule has 0 bridgehead atoms. The van der Waals surface area contributed by atoms with Crippen molar-refractivity contribution < 1.29 is 4.79 Å². The third-order valence-electron chi connectivity index (χ3n) is 4.04. The highest BCUT2D eigenvalue weighted by atomic mass is 32.2. The maximum Gasteiger partial charge on any atom is 0.262 e. The van der Waals surface area contributed by atoms with Crippen LogP contribution in [0.3, 0.4) is 0 Å². The van der Waals surface area contributed by atoms with E-state index in [-0.39, 0.29) is 16.7 Å². The van der Waals surface area contributed by atoms with E-state index in [2.05, 4.69) is 10.3 Å². The van der Waals surface area contributed by atoms with Gasteiger partial charge in [-0.2, -0.15) is 0 Å². The van der Waals surface area contributed by atoms with Gasteiger partial charge in [0.25, 0.3) is 5.56 Å². The Bertz CT molecular complexity index is 987. The highest BCUT2D eigenvalue weighted by molar-refractivity contribution is 8.00. The summed E-state index contributed by atoms with van der Waals surface area (Å²) in [5.41, 5.74) is 2.80. The van der Waals surface area contributed by atoms with Gasteiger partial charge in [-0.3, -0.25) is 14.2 Å². The van der Waals surface area contributed by atoms with E-state index in [1.807, 2.05) is 44.4 Å². The first kappa shape index (κ1) is 17.7. The second-order valence-electron chi connectivity index (χ2n) is 5.91. The maximum absolute atomic E-state index is 12.6. The maximum atomic E-state index is 12.6. The first-order valence-electron chi connectivity index (χ1n) is 7.86. The molecule has 1 atom stereocenters. The molecular formula is C18H19N3O2S2. The number of aromatic nitrogens is 2. The van der Waals surface area contributed by atoms with E-state index < -0.39 is 0 Å². The Morgan fingerprint density at radius 3 is 2.64 bits per heavy atom. The number of nitrogens with one attached hydrogen (secondary N) is 1. The van der Waals surface area contributed by atoms with Gasteiger partial charge in [-0.25, -0.2) is 4.98 Å². The molecule has 1 amide bonds. The van der Waals surface area contributed by atoms with Crippen molar-refractivity contribution in [2.75, 3.05) is 5.32 Å². The summed E-state index contributed by atoms with van der Waals surface area (Å²) < 4.78 is 1.50. The Labute approximate surface area is 154 Å². The largest absolute Gasteiger partial charge is 0.325 e. The molecule has 2 aromatic heterocycles. The third-order valence-corrected chi connectivity index (χ3v) is 5.99. The summed E-state index contributed by atoms with van der Waals surface area (Å²) in [6, 6.07) is 7.68. The average molecular weight is 374 g/mol. The lowest BCUT2D eigenvalue weighted by Crippen LogP contribution is -2.26. The Hall–Kier alpha value is -2.12. The van der Waals surface area contributed by atoms with E-state index in [0.29, 0.717) is 15.4 Å². The fourth-order valence-corrected chi connectivity index (χ4v) is 4.21. The van der Waals surface area contributed by atoms with Crippen molar-refractivity contribution in [2.24, 2.45) is 7.05 Å². The van der Waals surface area contributed by atoms with Crippen LogP contribution >= 0.6 is 23.1 Å². The number of nitrogens with zero attached hydrogens (tertiary/aromatic N) is 2. The predicted octanol–water partition coefficient (Wildman–Crippen LogP) is 3.73. The number of amides is 1. The standard InChI is InChI=1S/C18H19N3O2S2/c1-10-6-5-7-11(2)14(10)19-15(22)12(3)25-18-20-16-13(8-9-24-16)17(23)21(18)4/h5-9,12H,1-4H3,(H,19,22). The van der Waals surface area contributed by atoms with Crippen molar-refractivity contribution in [3.63, 3.8) is 0 Å². The first-order valence-corrected chi connectivity index (χ1v) is 9.62. The molecule has 2 heterocycles. The Morgan fingerprint density at radius 2 is 1.96 bits per heavy atom. The molecule has 1 unspecified atom stereocenters. The molecule has 130 valence electrons. The number of thioether (sulfide) groups is 1. The predicted molar refractivity (Wildman–Crippen MR) is 105 cm³/mol. The molecule has 3 aromatic rings. The number of carbonyl (C=O) groups excluding carboxylic acids is 1. The molecule has 1 aromatic carbocycles. The minimum Gasteiger partial charge on any atom is -0.325 e. The summed E-state index contributed by atoms with van der Waals surface area (Å²) in [5, 5.41) is 5.62. The van der Waals surface area contributed by atoms with Crippen LogP contribution in [0.15, 0.2) is 39.6 Å². The van der Waals surface area contributed by atoms with Crippen molar-refractivity contribution in [1.29, 1.82) is 0 Å². The van der Waals surface area contributed by atoms with E-state index in [9.17, 15) is 9.59 Å². The van der Waals surface area contributed by atoms with Crippen molar-refractivity contribution in [3.8, 4) is 0 Å². The fraction of sp³-hybridized carbons (Fsp3) is 0.278. The molecule has 0 aliphatic heterocycles. The monoisotopic (exact) mass is 373 g/mol. The van der Waals surface area contributed by atoms with Crippen molar-refractivity contribution in [2.45, 2.75) is 31.2 Å². The molecule has 0 saturated heterocycles. The number of benzene rings is 1. The van der Waals surface area contributed by atoms with Crippen molar-refractivity contribution >= 4 is 44.9 Å². The van der Waals surface area contributed by atoms with Crippen LogP contribution in [0.25, 0.3) is 10.2 Å². The van der Waals surface area contributed by atoms with E-state index >= 15 is 0 Å². The highest BCUT2D eigenvalue weighted by Crippen LogP contribution is 2.26. The number of rotatable bonds is 4. The molecule has 0 aliphatic rings. The number of fused-ring (bicyclic) bond motifs is 1. The molecule has 3 rings (SSSR count). The Morgan fingerprint density at radius 1 is 1.28 bits per heavy atom. The van der Waals surface area contributed by atoms with E-state index in [1.165, 1.54) is 27.7 Å². The molecule has 0 radical (unpaired) electrons. The van der Waals surface area contributed by atoms with Gasteiger partial charge in [0.05, 0.1) is 10.6 Å². The number of thiophene rings is 1. The fourth-order valence-electron chi connectivity index (χ4n) is 2.53. The molecular weight excluding hydrogens is 354 g/mol. The van der Waals surface area contributed by atoms with Gasteiger partial charge in [-0.1, -0.05) is 30.0 Å². The molecule has 25 heavy (non-hydrogen) atoms. The van der Waals surface area contributed by atoms with Gasteiger partial charge >= 0.3 is 0 Å². The summed E-state index contributed by atoms with van der Waals surface area (Å²) in [5.74, 6) is -0.108. The summed E-state index contributed by atoms with van der Waals surface area (Å²) >= 11 is 2.72. The number of carbonyl (C=O) groups is 1. The summed E-state index contributed by atoms with van der Waals surface area (Å²) in [6.45, 7) is 5.76. The lowest BCUT2D eigenvalue weighted by atomic mass is 10.1. The lowest BCUT2D eigenvalue weighted by Gasteiger charge is -2.16. The normalized spacial score (nSPS) is 12.3. The molecule has 0 fully saturated rings. The second kappa shape index (κ2) is 7.01. The van der Waals surface area contributed by atoms with E-state index in [0.717, 1.165) is 16.8 Å². The highest BCUT2D eigenvalue weighted by Gasteiger charge is 2.19. The average Bonchev–Trinajstić information content (AvgIpc) is 3.04. The zero-order chi connectivity index (χ0) is 18.1. The van der Waals surface area contributed by atoms with E-state index in [1.54, 1.807) is 13.1 Å². The van der Waals surface area contributed by atoms with Crippen molar-refractivity contribution in [1.82, 2.24) is 9.55 Å². The molecule has 0 aliphatic carbocycles. The van der Waals surface area contributed by atoms with Crippen LogP contribution in [0.5, 0.6) is 0 Å². The summed E-state index contributed by atoms with van der Waals surface area (Å²) in [7, 11) is 1.69. The smallest absolute Gasteiger partial charge is 0.262 e. The number of para-hydroxylation sites is 1. The molecule has 0 saturated carbocycles. The van der Waals surface area contributed by atoms with Gasteiger partial charge in [0.15, 0.2) is 5.16 Å². The molecule has 7 heteroatoms. The summed E-state index contributed by atoms with van der Waals surface area (Å²) in [6.07, 6.45) is 0. The topological polar surface area (TPSA) is 64.0 Å². The van der Waals surface area contributed by atoms with Gasteiger partial charge in [0.2, 0.25) is 5.91 Å². The van der Waals surface area contributed by atoms with Gasteiger partial charge in [0, 0.05) is 12.7 Å². The van der Waals surface area contributed by atoms with Crippen LogP contribution in [0, 0.1) is 13.8 Å². The van der Waals surface area contributed by atoms with Crippen LogP contribution in [-0.2, 0) is 11.8 Å². The zero-order valence-electron chi connectivity index (χ0n) is 14.5. The van der Waals surface area contributed by atoms with Gasteiger partial charge < -0.3 is 5.32 Å².